The average Bonchev–Trinajstić information content (AvgIpc) is 3.64. The van der Waals surface area contributed by atoms with Gasteiger partial charge in [-0.2, -0.15) is 0 Å². The van der Waals surface area contributed by atoms with Crippen LogP contribution in [0.2, 0.25) is 5.02 Å². The molecule has 5 rings (SSSR count). The second kappa shape index (κ2) is 11.1. The molecule has 5 nitrogen and oxygen atoms in total. The lowest BCUT2D eigenvalue weighted by Gasteiger charge is -2.50. The summed E-state index contributed by atoms with van der Waals surface area (Å²) in [5.41, 5.74) is 4.27. The summed E-state index contributed by atoms with van der Waals surface area (Å²) in [6, 6.07) is 12.2. The van der Waals surface area contributed by atoms with Gasteiger partial charge in [0.1, 0.15) is 0 Å². The number of rotatable bonds is 6. The number of benzene rings is 2. The molecule has 6 heteroatoms. The molecule has 2 fully saturated rings. The Hall–Kier alpha value is -2.79. The van der Waals surface area contributed by atoms with E-state index in [1.54, 1.807) is 11.0 Å². The number of hydrogen-bond donors (Lipinski definition) is 1. The third-order valence-electron chi connectivity index (χ3n) is 7.14. The molecule has 0 bridgehead atoms. The van der Waals surface area contributed by atoms with Crippen LogP contribution in [0.25, 0.3) is 0 Å². The summed E-state index contributed by atoms with van der Waals surface area (Å²) in [5.74, 6) is 0.804. The van der Waals surface area contributed by atoms with E-state index in [1.807, 2.05) is 58.6 Å². The fourth-order valence-electron chi connectivity index (χ4n) is 5.10. The number of nitrogens with one attached hydrogen (secondary N) is 1. The molecule has 1 saturated heterocycles. The van der Waals surface area contributed by atoms with E-state index in [1.165, 1.54) is 12.8 Å². The van der Waals surface area contributed by atoms with Gasteiger partial charge in [-0.3, -0.25) is 9.59 Å². The topological polar surface area (TPSA) is 52.7 Å². The van der Waals surface area contributed by atoms with E-state index >= 15 is 0 Å². The standard InChI is InChI=1S/C25H28ClN3O2.C3H6.C2H6/c1-16-19(5-4-6-21(16)26)25(13-28(14-25)15-30)27-18-9-10-20-22(11-18)29(12-17-7-8-17)23(31)24(20,2)3;1-3-2;1-2/h4-6,9-11,15,17,27H,7-8,12-14H2,1-3H3;3H,1H2,2H3;1-2H3. The minimum Gasteiger partial charge on any atom is -0.372 e. The van der Waals surface area contributed by atoms with E-state index in [0.29, 0.717) is 19.0 Å². The highest BCUT2D eigenvalue weighted by Gasteiger charge is 2.47. The lowest BCUT2D eigenvalue weighted by molar-refractivity contribution is -0.124. The molecular formula is C30H40ClN3O2. The van der Waals surface area contributed by atoms with Gasteiger partial charge in [0.05, 0.1) is 11.0 Å². The van der Waals surface area contributed by atoms with Crippen molar-refractivity contribution in [3.63, 3.8) is 0 Å². The summed E-state index contributed by atoms with van der Waals surface area (Å²) in [7, 11) is 0. The van der Waals surface area contributed by atoms with Crippen LogP contribution in [0.3, 0.4) is 0 Å². The molecule has 2 aromatic rings. The van der Waals surface area contributed by atoms with Crippen molar-refractivity contribution in [2.75, 3.05) is 29.9 Å². The van der Waals surface area contributed by atoms with Gasteiger partial charge in [-0.05, 0) is 81.3 Å². The summed E-state index contributed by atoms with van der Waals surface area (Å²) in [5, 5.41) is 4.43. The molecule has 3 aliphatic rings. The van der Waals surface area contributed by atoms with Crippen LogP contribution in [0.15, 0.2) is 49.1 Å². The lowest BCUT2D eigenvalue weighted by Crippen LogP contribution is -2.63. The SMILES string of the molecule is C=CC.CC.Cc1c(Cl)cccc1C1(Nc2ccc3c(c2)N(CC2CC2)C(=O)C3(C)C)CN(C=O)C1. The first-order valence-corrected chi connectivity index (χ1v) is 13.3. The number of carbonyl (C=O) groups is 2. The molecule has 194 valence electrons. The van der Waals surface area contributed by atoms with E-state index in [0.717, 1.165) is 46.0 Å². The summed E-state index contributed by atoms with van der Waals surface area (Å²) < 4.78 is 0. The van der Waals surface area contributed by atoms with Crippen molar-refractivity contribution in [2.45, 2.75) is 65.3 Å². The molecule has 0 atom stereocenters. The van der Waals surface area contributed by atoms with E-state index in [9.17, 15) is 9.59 Å². The van der Waals surface area contributed by atoms with Crippen LogP contribution in [0.5, 0.6) is 0 Å². The summed E-state index contributed by atoms with van der Waals surface area (Å²) in [6.07, 6.45) is 5.05. The Morgan fingerprint density at radius 1 is 1.14 bits per heavy atom. The van der Waals surface area contributed by atoms with Crippen LogP contribution in [0.1, 0.15) is 64.2 Å². The van der Waals surface area contributed by atoms with Crippen molar-refractivity contribution in [3.8, 4) is 0 Å². The third kappa shape index (κ3) is 5.17. The number of allylic oxidation sites excluding steroid dienone is 1. The molecule has 0 spiro atoms. The predicted octanol–water partition coefficient (Wildman–Crippen LogP) is 6.68. The molecule has 0 aromatic heterocycles. The van der Waals surface area contributed by atoms with Gasteiger partial charge < -0.3 is 15.1 Å². The Bertz CT molecular complexity index is 1120. The highest BCUT2D eigenvalue weighted by molar-refractivity contribution is 6.31. The third-order valence-corrected chi connectivity index (χ3v) is 7.55. The van der Waals surface area contributed by atoms with Crippen molar-refractivity contribution >= 4 is 35.3 Å². The first kappa shape index (κ1) is 27.8. The van der Waals surface area contributed by atoms with E-state index in [-0.39, 0.29) is 5.91 Å². The zero-order chi connectivity index (χ0) is 26.7. The summed E-state index contributed by atoms with van der Waals surface area (Å²) in [4.78, 5) is 28.2. The molecule has 1 N–H and O–H groups in total. The number of halogens is 1. The average molecular weight is 510 g/mol. The van der Waals surface area contributed by atoms with Gasteiger partial charge in [0, 0.05) is 36.0 Å². The summed E-state index contributed by atoms with van der Waals surface area (Å²) >= 11 is 6.42. The molecule has 1 aliphatic carbocycles. The van der Waals surface area contributed by atoms with Crippen LogP contribution in [-0.2, 0) is 20.5 Å². The highest BCUT2D eigenvalue weighted by Crippen LogP contribution is 2.46. The number of amides is 2. The van der Waals surface area contributed by atoms with Crippen molar-refractivity contribution in [1.82, 2.24) is 4.90 Å². The fraction of sp³-hybridized carbons (Fsp3) is 0.467. The number of carbonyl (C=O) groups excluding carboxylic acids is 2. The van der Waals surface area contributed by atoms with Gasteiger partial charge in [-0.15, -0.1) is 6.58 Å². The van der Waals surface area contributed by atoms with Gasteiger partial charge >= 0.3 is 0 Å². The summed E-state index contributed by atoms with van der Waals surface area (Å²) in [6.45, 7) is 17.2. The first-order valence-electron chi connectivity index (χ1n) is 12.9. The smallest absolute Gasteiger partial charge is 0.237 e. The van der Waals surface area contributed by atoms with Crippen molar-refractivity contribution < 1.29 is 9.59 Å². The van der Waals surface area contributed by atoms with Crippen LogP contribution >= 0.6 is 11.6 Å². The Balaban J connectivity index is 0.000000674. The maximum Gasteiger partial charge on any atom is 0.237 e. The number of hydrogen-bond acceptors (Lipinski definition) is 3. The minimum atomic E-state index is -0.505. The van der Waals surface area contributed by atoms with Crippen molar-refractivity contribution in [2.24, 2.45) is 5.92 Å². The Kier molecular flexibility index (Phi) is 8.55. The number of anilines is 2. The van der Waals surface area contributed by atoms with Gasteiger partial charge in [0.25, 0.3) is 0 Å². The molecule has 1 saturated carbocycles. The molecule has 2 heterocycles. The fourth-order valence-corrected chi connectivity index (χ4v) is 5.28. The second-order valence-corrected chi connectivity index (χ2v) is 10.7. The van der Waals surface area contributed by atoms with Crippen LogP contribution in [-0.4, -0.2) is 36.9 Å². The van der Waals surface area contributed by atoms with Gasteiger partial charge in [0.15, 0.2) is 0 Å². The van der Waals surface area contributed by atoms with E-state index in [4.69, 9.17) is 11.6 Å². The number of nitrogens with zero attached hydrogens (tertiary/aromatic N) is 2. The normalized spacial score (nSPS) is 18.6. The molecular weight excluding hydrogens is 470 g/mol. The largest absolute Gasteiger partial charge is 0.372 e. The van der Waals surface area contributed by atoms with Crippen LogP contribution in [0.4, 0.5) is 11.4 Å². The van der Waals surface area contributed by atoms with Gasteiger partial charge in [0.2, 0.25) is 12.3 Å². The molecule has 2 aliphatic heterocycles. The predicted molar refractivity (Wildman–Crippen MR) is 151 cm³/mol. The Morgan fingerprint density at radius 3 is 2.36 bits per heavy atom. The maximum absolute atomic E-state index is 13.1. The van der Waals surface area contributed by atoms with Crippen molar-refractivity contribution in [1.29, 1.82) is 0 Å². The quantitative estimate of drug-likeness (QED) is 0.349. The molecule has 2 aromatic carbocycles. The van der Waals surface area contributed by atoms with Crippen molar-refractivity contribution in [3.05, 3.63) is 70.8 Å². The zero-order valence-corrected chi connectivity index (χ0v) is 23.3. The Morgan fingerprint density at radius 2 is 1.78 bits per heavy atom. The monoisotopic (exact) mass is 509 g/mol. The van der Waals surface area contributed by atoms with Crippen LogP contribution < -0.4 is 10.2 Å². The number of fused-ring (bicyclic) bond motifs is 1. The molecule has 2 amide bonds. The number of likely N-dealkylation sites (tertiary alicyclic amines) is 1. The minimum absolute atomic E-state index is 0.183. The Labute approximate surface area is 221 Å². The van der Waals surface area contributed by atoms with E-state index in [2.05, 4.69) is 36.2 Å². The molecule has 36 heavy (non-hydrogen) atoms. The maximum atomic E-state index is 13.1. The van der Waals surface area contributed by atoms with Gasteiger partial charge in [-0.25, -0.2) is 0 Å². The zero-order valence-electron chi connectivity index (χ0n) is 22.5. The first-order chi connectivity index (χ1) is 17.2. The van der Waals surface area contributed by atoms with E-state index < -0.39 is 11.0 Å². The second-order valence-electron chi connectivity index (χ2n) is 10.3. The van der Waals surface area contributed by atoms with Gasteiger partial charge in [-0.1, -0.05) is 49.7 Å². The molecule has 0 unspecified atom stereocenters. The molecule has 0 radical (unpaired) electrons. The lowest BCUT2D eigenvalue weighted by atomic mass is 9.80. The van der Waals surface area contributed by atoms with Crippen LogP contribution in [0, 0.1) is 12.8 Å². The highest BCUT2D eigenvalue weighted by atomic mass is 35.5.